The van der Waals surface area contributed by atoms with Crippen molar-refractivity contribution in [2.75, 3.05) is 40.5 Å². The molecule has 0 bridgehead atoms. The third kappa shape index (κ3) is 6.38. The SMILES string of the molecule is COCCN(CCC#N)CC(C)C(=O)OC. The highest BCUT2D eigenvalue weighted by molar-refractivity contribution is 5.72. The van der Waals surface area contributed by atoms with Gasteiger partial charge in [-0.3, -0.25) is 9.69 Å². The molecule has 0 aromatic rings. The largest absolute Gasteiger partial charge is 0.469 e. The molecule has 0 spiro atoms. The van der Waals surface area contributed by atoms with Gasteiger partial charge in [0.2, 0.25) is 0 Å². The third-order valence-corrected chi connectivity index (χ3v) is 2.29. The van der Waals surface area contributed by atoms with Crippen LogP contribution in [-0.4, -0.2) is 51.3 Å². The Labute approximate surface area is 96.9 Å². The molecule has 0 aromatic heterocycles. The van der Waals surface area contributed by atoms with Crippen LogP contribution in [0.3, 0.4) is 0 Å². The smallest absolute Gasteiger partial charge is 0.309 e. The van der Waals surface area contributed by atoms with Gasteiger partial charge in [0, 0.05) is 33.2 Å². The molecular formula is C11H20N2O3. The average Bonchev–Trinajstić information content (AvgIpc) is 2.31. The van der Waals surface area contributed by atoms with Gasteiger partial charge in [-0.05, 0) is 0 Å². The van der Waals surface area contributed by atoms with Crippen LogP contribution in [-0.2, 0) is 14.3 Å². The minimum absolute atomic E-state index is 0.180. The van der Waals surface area contributed by atoms with Crippen molar-refractivity contribution in [3.05, 3.63) is 0 Å². The van der Waals surface area contributed by atoms with Gasteiger partial charge in [-0.15, -0.1) is 0 Å². The summed E-state index contributed by atoms with van der Waals surface area (Å²) in [4.78, 5) is 13.3. The maximum atomic E-state index is 11.2. The zero-order chi connectivity index (χ0) is 12.4. The number of hydrogen-bond acceptors (Lipinski definition) is 5. The molecule has 1 unspecified atom stereocenters. The zero-order valence-corrected chi connectivity index (χ0v) is 10.2. The number of ether oxygens (including phenoxy) is 2. The number of hydrogen-bond donors (Lipinski definition) is 0. The first-order chi connectivity index (χ1) is 7.65. The predicted molar refractivity (Wildman–Crippen MR) is 59.7 cm³/mol. The van der Waals surface area contributed by atoms with E-state index in [9.17, 15) is 4.79 Å². The molecule has 0 aromatic carbocycles. The quantitative estimate of drug-likeness (QED) is 0.571. The maximum absolute atomic E-state index is 11.2. The minimum Gasteiger partial charge on any atom is -0.469 e. The number of nitrogens with zero attached hydrogens (tertiary/aromatic N) is 2. The summed E-state index contributed by atoms with van der Waals surface area (Å²) < 4.78 is 9.64. The van der Waals surface area contributed by atoms with Crippen molar-refractivity contribution < 1.29 is 14.3 Å². The van der Waals surface area contributed by atoms with Crippen molar-refractivity contribution >= 4 is 5.97 Å². The molecule has 0 fully saturated rings. The number of carbonyl (C=O) groups excluding carboxylic acids is 1. The average molecular weight is 228 g/mol. The Morgan fingerprint density at radius 1 is 1.44 bits per heavy atom. The lowest BCUT2D eigenvalue weighted by molar-refractivity contribution is -0.145. The summed E-state index contributed by atoms with van der Waals surface area (Å²) in [6.45, 7) is 4.38. The van der Waals surface area contributed by atoms with Gasteiger partial charge in [-0.25, -0.2) is 0 Å². The molecule has 0 heterocycles. The van der Waals surface area contributed by atoms with Crippen LogP contribution in [0.5, 0.6) is 0 Å². The van der Waals surface area contributed by atoms with Gasteiger partial charge in [0.25, 0.3) is 0 Å². The number of carbonyl (C=O) groups is 1. The van der Waals surface area contributed by atoms with E-state index in [0.29, 0.717) is 26.1 Å². The lowest BCUT2D eigenvalue weighted by Crippen LogP contribution is -2.35. The van der Waals surface area contributed by atoms with Gasteiger partial charge in [-0.2, -0.15) is 5.26 Å². The van der Waals surface area contributed by atoms with Gasteiger partial charge in [0.1, 0.15) is 0 Å². The first kappa shape index (κ1) is 14.9. The van der Waals surface area contributed by atoms with Gasteiger partial charge in [-0.1, -0.05) is 6.92 Å². The molecule has 1 atom stereocenters. The Bertz CT molecular complexity index is 238. The van der Waals surface area contributed by atoms with E-state index in [1.807, 2.05) is 11.8 Å². The highest BCUT2D eigenvalue weighted by Gasteiger charge is 2.17. The molecule has 16 heavy (non-hydrogen) atoms. The molecular weight excluding hydrogens is 208 g/mol. The zero-order valence-electron chi connectivity index (χ0n) is 10.2. The Balaban J connectivity index is 4.07. The van der Waals surface area contributed by atoms with Crippen LogP contribution < -0.4 is 0 Å². The number of nitriles is 1. The summed E-state index contributed by atoms with van der Waals surface area (Å²) in [7, 11) is 3.01. The van der Waals surface area contributed by atoms with Crippen LogP contribution in [0, 0.1) is 17.2 Å². The Kier molecular flexibility index (Phi) is 8.49. The Morgan fingerprint density at radius 2 is 2.12 bits per heavy atom. The van der Waals surface area contributed by atoms with Gasteiger partial charge >= 0.3 is 5.97 Å². The van der Waals surface area contributed by atoms with Crippen LogP contribution in [0.1, 0.15) is 13.3 Å². The van der Waals surface area contributed by atoms with Crippen molar-refractivity contribution in [2.24, 2.45) is 5.92 Å². The highest BCUT2D eigenvalue weighted by Crippen LogP contribution is 2.03. The summed E-state index contributed by atoms with van der Waals surface area (Å²) in [5.41, 5.74) is 0. The van der Waals surface area contributed by atoms with Crippen LogP contribution >= 0.6 is 0 Å². The predicted octanol–water partition coefficient (Wildman–Crippen LogP) is 0.658. The molecule has 0 amide bonds. The molecule has 0 saturated carbocycles. The van der Waals surface area contributed by atoms with E-state index in [0.717, 1.165) is 6.54 Å². The van der Waals surface area contributed by atoms with E-state index in [1.54, 1.807) is 7.11 Å². The van der Waals surface area contributed by atoms with Crippen molar-refractivity contribution in [1.82, 2.24) is 4.90 Å². The molecule has 0 aliphatic heterocycles. The second-order valence-corrected chi connectivity index (χ2v) is 3.63. The molecule has 0 saturated heterocycles. The summed E-state index contributed by atoms with van der Waals surface area (Å²) >= 11 is 0. The maximum Gasteiger partial charge on any atom is 0.309 e. The molecule has 92 valence electrons. The molecule has 5 nitrogen and oxygen atoms in total. The van der Waals surface area contributed by atoms with Gasteiger partial charge < -0.3 is 9.47 Å². The van der Waals surface area contributed by atoms with Gasteiger partial charge in [0.15, 0.2) is 0 Å². The summed E-state index contributed by atoms with van der Waals surface area (Å²) in [6, 6.07) is 2.09. The van der Waals surface area contributed by atoms with E-state index in [2.05, 4.69) is 10.8 Å². The van der Waals surface area contributed by atoms with Crippen LogP contribution in [0.2, 0.25) is 0 Å². The van der Waals surface area contributed by atoms with E-state index < -0.39 is 0 Å². The van der Waals surface area contributed by atoms with E-state index in [-0.39, 0.29) is 11.9 Å². The van der Waals surface area contributed by atoms with E-state index >= 15 is 0 Å². The summed E-state index contributed by atoms with van der Waals surface area (Å²) in [6.07, 6.45) is 0.456. The highest BCUT2D eigenvalue weighted by atomic mass is 16.5. The van der Waals surface area contributed by atoms with Crippen molar-refractivity contribution in [3.8, 4) is 6.07 Å². The standard InChI is InChI=1S/C11H20N2O3/c1-10(11(14)16-3)9-13(6-4-5-12)7-8-15-2/h10H,4,6-9H2,1-3H3. The number of methoxy groups -OCH3 is 2. The summed E-state index contributed by atoms with van der Waals surface area (Å²) in [5, 5.41) is 8.53. The first-order valence-electron chi connectivity index (χ1n) is 5.31. The molecule has 0 radical (unpaired) electrons. The normalized spacial score (nSPS) is 12.2. The van der Waals surface area contributed by atoms with Crippen molar-refractivity contribution in [1.29, 1.82) is 5.26 Å². The minimum atomic E-state index is -0.223. The molecule has 0 rings (SSSR count). The van der Waals surface area contributed by atoms with Gasteiger partial charge in [0.05, 0.1) is 25.7 Å². The first-order valence-corrected chi connectivity index (χ1v) is 5.31. The van der Waals surface area contributed by atoms with Crippen LogP contribution in [0.25, 0.3) is 0 Å². The van der Waals surface area contributed by atoms with Crippen molar-refractivity contribution in [2.45, 2.75) is 13.3 Å². The fraction of sp³-hybridized carbons (Fsp3) is 0.818. The molecule has 5 heteroatoms. The van der Waals surface area contributed by atoms with E-state index in [4.69, 9.17) is 10.00 Å². The Morgan fingerprint density at radius 3 is 2.62 bits per heavy atom. The second-order valence-electron chi connectivity index (χ2n) is 3.63. The van der Waals surface area contributed by atoms with E-state index in [1.165, 1.54) is 7.11 Å². The third-order valence-electron chi connectivity index (χ3n) is 2.29. The molecule has 0 aliphatic rings. The fourth-order valence-corrected chi connectivity index (χ4v) is 1.39. The van der Waals surface area contributed by atoms with Crippen LogP contribution in [0.4, 0.5) is 0 Å². The fourth-order valence-electron chi connectivity index (χ4n) is 1.39. The lowest BCUT2D eigenvalue weighted by atomic mass is 10.1. The second kappa shape index (κ2) is 9.13. The van der Waals surface area contributed by atoms with Crippen LogP contribution in [0.15, 0.2) is 0 Å². The monoisotopic (exact) mass is 228 g/mol. The van der Waals surface area contributed by atoms with Crippen molar-refractivity contribution in [3.63, 3.8) is 0 Å². The molecule has 0 N–H and O–H groups in total. The molecule has 0 aliphatic carbocycles. The number of esters is 1. The Hall–Kier alpha value is -1.12. The number of rotatable bonds is 8. The lowest BCUT2D eigenvalue weighted by Gasteiger charge is -2.23. The summed E-state index contributed by atoms with van der Waals surface area (Å²) in [5.74, 6) is -0.403. The topological polar surface area (TPSA) is 62.6 Å².